The van der Waals surface area contributed by atoms with Gasteiger partial charge in [-0.15, -0.1) is 0 Å². The molecule has 4 nitrogen and oxygen atoms in total. The molecule has 18 heavy (non-hydrogen) atoms. The van der Waals surface area contributed by atoms with Crippen molar-refractivity contribution in [1.29, 1.82) is 0 Å². The summed E-state index contributed by atoms with van der Waals surface area (Å²) in [6.07, 6.45) is 3.61. The van der Waals surface area contributed by atoms with Crippen LogP contribution < -0.4 is 11.1 Å². The number of rotatable bonds is 9. The van der Waals surface area contributed by atoms with Crippen molar-refractivity contribution in [3.05, 3.63) is 29.8 Å². The van der Waals surface area contributed by atoms with Crippen LogP contribution in [0.1, 0.15) is 31.2 Å². The summed E-state index contributed by atoms with van der Waals surface area (Å²) in [5.41, 5.74) is 7.60. The highest BCUT2D eigenvalue weighted by atomic mass is 16.3. The lowest BCUT2D eigenvalue weighted by Crippen LogP contribution is -2.19. The van der Waals surface area contributed by atoms with Gasteiger partial charge in [0.15, 0.2) is 0 Å². The molecule has 0 radical (unpaired) electrons. The number of benzene rings is 1. The Labute approximate surface area is 109 Å². The highest BCUT2D eigenvalue weighted by molar-refractivity contribution is 5.45. The van der Waals surface area contributed by atoms with Gasteiger partial charge in [-0.05, 0) is 49.8 Å². The molecule has 0 heterocycles. The van der Waals surface area contributed by atoms with Crippen LogP contribution in [0.4, 0.5) is 5.69 Å². The Morgan fingerprint density at radius 3 is 2.78 bits per heavy atom. The van der Waals surface area contributed by atoms with Gasteiger partial charge in [0, 0.05) is 18.8 Å². The molecule has 1 aromatic carbocycles. The van der Waals surface area contributed by atoms with E-state index >= 15 is 0 Å². The first-order valence-electron chi connectivity index (χ1n) is 6.59. The zero-order chi connectivity index (χ0) is 13.2. The number of nitrogens with one attached hydrogen (secondary N) is 1. The van der Waals surface area contributed by atoms with Crippen molar-refractivity contribution in [2.75, 3.05) is 18.5 Å². The van der Waals surface area contributed by atoms with E-state index in [2.05, 4.69) is 11.4 Å². The van der Waals surface area contributed by atoms with Crippen molar-refractivity contribution in [3.63, 3.8) is 0 Å². The predicted octanol–water partition coefficient (Wildman–Crippen LogP) is 1.47. The summed E-state index contributed by atoms with van der Waals surface area (Å²) in [6, 6.07) is 8.18. The molecule has 0 spiro atoms. The normalized spacial score (nSPS) is 12.4. The molecule has 1 aromatic rings. The van der Waals surface area contributed by atoms with Crippen LogP contribution in [0.2, 0.25) is 0 Å². The molecule has 4 heteroatoms. The number of hydrogen-bond donors (Lipinski definition) is 4. The third-order valence-electron chi connectivity index (χ3n) is 2.82. The first-order valence-corrected chi connectivity index (χ1v) is 6.59. The maximum atomic E-state index is 9.05. The lowest BCUT2D eigenvalue weighted by molar-refractivity contribution is 0.172. The zero-order valence-electron chi connectivity index (χ0n) is 10.8. The van der Waals surface area contributed by atoms with Gasteiger partial charge in [0.25, 0.3) is 0 Å². The lowest BCUT2D eigenvalue weighted by atomic mass is 10.1. The Balaban J connectivity index is 2.30. The van der Waals surface area contributed by atoms with E-state index < -0.39 is 6.23 Å². The minimum atomic E-state index is -0.736. The highest BCUT2D eigenvalue weighted by Crippen LogP contribution is 2.12. The molecule has 0 saturated heterocycles. The maximum Gasteiger partial charge on any atom is 0.102 e. The van der Waals surface area contributed by atoms with E-state index in [-0.39, 0.29) is 6.61 Å². The second kappa shape index (κ2) is 8.91. The molecule has 0 aliphatic rings. The third-order valence-corrected chi connectivity index (χ3v) is 2.82. The number of aliphatic hydroxyl groups excluding tert-OH is 2. The minimum absolute atomic E-state index is 0.275. The van der Waals surface area contributed by atoms with Crippen LogP contribution in [0.3, 0.4) is 0 Å². The van der Waals surface area contributed by atoms with Crippen LogP contribution in [0.25, 0.3) is 0 Å². The molecule has 0 aliphatic carbocycles. The smallest absolute Gasteiger partial charge is 0.102 e. The van der Waals surface area contributed by atoms with Crippen LogP contribution >= 0.6 is 0 Å². The van der Waals surface area contributed by atoms with Crippen molar-refractivity contribution < 1.29 is 10.2 Å². The Morgan fingerprint density at radius 1 is 1.22 bits per heavy atom. The monoisotopic (exact) mass is 252 g/mol. The van der Waals surface area contributed by atoms with E-state index in [1.54, 1.807) is 0 Å². The molecule has 0 bridgehead atoms. The Hall–Kier alpha value is -1.10. The summed E-state index contributed by atoms with van der Waals surface area (Å²) < 4.78 is 0. The van der Waals surface area contributed by atoms with Crippen molar-refractivity contribution in [2.45, 2.75) is 38.3 Å². The largest absolute Gasteiger partial charge is 0.396 e. The summed E-state index contributed by atoms with van der Waals surface area (Å²) in [7, 11) is 0. The van der Waals surface area contributed by atoms with E-state index in [9.17, 15) is 0 Å². The molecule has 5 N–H and O–H groups in total. The van der Waals surface area contributed by atoms with E-state index in [1.807, 2.05) is 18.2 Å². The van der Waals surface area contributed by atoms with Gasteiger partial charge >= 0.3 is 0 Å². The number of anilines is 1. The Morgan fingerprint density at radius 2 is 2.06 bits per heavy atom. The molecule has 1 atom stereocenters. The van der Waals surface area contributed by atoms with Gasteiger partial charge in [-0.1, -0.05) is 12.1 Å². The molecule has 102 valence electrons. The maximum absolute atomic E-state index is 9.05. The SMILES string of the molecule is NC(O)CCc1cccc(NCCCCCO)c1. The van der Waals surface area contributed by atoms with Gasteiger partial charge in [-0.2, -0.15) is 0 Å². The van der Waals surface area contributed by atoms with Crippen molar-refractivity contribution in [2.24, 2.45) is 5.73 Å². The van der Waals surface area contributed by atoms with E-state index in [1.165, 1.54) is 5.56 Å². The molecule has 1 rings (SSSR count). The van der Waals surface area contributed by atoms with Crippen LogP contribution in [-0.4, -0.2) is 29.6 Å². The third kappa shape index (κ3) is 6.59. The summed E-state index contributed by atoms with van der Waals surface area (Å²) in [5, 5.41) is 21.1. The van der Waals surface area contributed by atoms with E-state index in [0.717, 1.165) is 37.9 Å². The van der Waals surface area contributed by atoms with Gasteiger partial charge in [-0.25, -0.2) is 0 Å². The lowest BCUT2D eigenvalue weighted by Gasteiger charge is -2.09. The van der Waals surface area contributed by atoms with Crippen LogP contribution in [0.5, 0.6) is 0 Å². The fraction of sp³-hybridized carbons (Fsp3) is 0.571. The van der Waals surface area contributed by atoms with Crippen LogP contribution in [0, 0.1) is 0 Å². The van der Waals surface area contributed by atoms with Crippen molar-refractivity contribution in [1.82, 2.24) is 0 Å². The first-order chi connectivity index (χ1) is 8.72. The summed E-state index contributed by atoms with van der Waals surface area (Å²) in [4.78, 5) is 0. The van der Waals surface area contributed by atoms with Crippen molar-refractivity contribution >= 4 is 5.69 Å². The topological polar surface area (TPSA) is 78.5 Å². The van der Waals surface area contributed by atoms with E-state index in [0.29, 0.717) is 6.42 Å². The molecule has 0 fully saturated rings. The number of unbranched alkanes of at least 4 members (excludes halogenated alkanes) is 2. The molecule has 0 aromatic heterocycles. The second-order valence-electron chi connectivity index (χ2n) is 4.52. The average Bonchev–Trinajstić information content (AvgIpc) is 2.37. The van der Waals surface area contributed by atoms with Crippen LogP contribution in [0.15, 0.2) is 24.3 Å². The molecule has 0 aliphatic heterocycles. The highest BCUT2D eigenvalue weighted by Gasteiger charge is 1.99. The fourth-order valence-corrected chi connectivity index (χ4v) is 1.80. The molecule has 0 amide bonds. The standard InChI is InChI=1S/C14H24N2O2/c15-14(18)8-7-12-5-4-6-13(11-12)16-9-2-1-3-10-17/h4-6,11,14,16-18H,1-3,7-10,15H2. The Bertz CT molecular complexity index is 329. The Kier molecular flexibility index (Phi) is 7.41. The molecular formula is C14H24N2O2. The van der Waals surface area contributed by atoms with E-state index in [4.69, 9.17) is 15.9 Å². The molecule has 1 unspecified atom stereocenters. The summed E-state index contributed by atoms with van der Waals surface area (Å²) >= 11 is 0. The predicted molar refractivity (Wildman–Crippen MR) is 74.4 cm³/mol. The van der Waals surface area contributed by atoms with Crippen LogP contribution in [-0.2, 0) is 6.42 Å². The number of aryl methyl sites for hydroxylation is 1. The van der Waals surface area contributed by atoms with Crippen molar-refractivity contribution in [3.8, 4) is 0 Å². The summed E-state index contributed by atoms with van der Waals surface area (Å²) in [6.45, 7) is 1.19. The number of aliphatic hydroxyl groups is 2. The van der Waals surface area contributed by atoms with Gasteiger partial charge < -0.3 is 21.3 Å². The second-order valence-corrected chi connectivity index (χ2v) is 4.52. The quantitative estimate of drug-likeness (QED) is 0.396. The number of nitrogens with two attached hydrogens (primary N) is 1. The molecule has 0 saturated carbocycles. The minimum Gasteiger partial charge on any atom is -0.396 e. The number of hydrogen-bond acceptors (Lipinski definition) is 4. The van der Waals surface area contributed by atoms with Gasteiger partial charge in [0.2, 0.25) is 0 Å². The molecular weight excluding hydrogens is 228 g/mol. The average molecular weight is 252 g/mol. The fourth-order valence-electron chi connectivity index (χ4n) is 1.80. The summed E-state index contributed by atoms with van der Waals surface area (Å²) in [5.74, 6) is 0. The zero-order valence-corrected chi connectivity index (χ0v) is 10.8. The first kappa shape index (κ1) is 15.0. The van der Waals surface area contributed by atoms with Gasteiger partial charge in [0.05, 0.1) is 0 Å². The van der Waals surface area contributed by atoms with Gasteiger partial charge in [-0.3, -0.25) is 0 Å². The van der Waals surface area contributed by atoms with Gasteiger partial charge in [0.1, 0.15) is 6.23 Å².